The van der Waals surface area contributed by atoms with Crippen LogP contribution in [0.5, 0.6) is 0 Å². The van der Waals surface area contributed by atoms with E-state index in [4.69, 9.17) is 12.2 Å². The lowest BCUT2D eigenvalue weighted by atomic mass is 10.2. The van der Waals surface area contributed by atoms with Crippen LogP contribution in [0.2, 0.25) is 0 Å². The molecule has 5 heteroatoms. The van der Waals surface area contributed by atoms with Crippen LogP contribution in [-0.4, -0.2) is 28.7 Å². The van der Waals surface area contributed by atoms with Crippen molar-refractivity contribution in [2.75, 3.05) is 13.6 Å². The number of nitrogens with one attached hydrogen (secondary N) is 3. The summed E-state index contributed by atoms with van der Waals surface area (Å²) in [4.78, 5) is 7.23. The fourth-order valence-electron chi connectivity index (χ4n) is 1.14. The van der Waals surface area contributed by atoms with Crippen molar-refractivity contribution in [3.63, 3.8) is 0 Å². The minimum atomic E-state index is 0.711. The summed E-state index contributed by atoms with van der Waals surface area (Å²) in [5.41, 5.74) is 0. The van der Waals surface area contributed by atoms with Crippen molar-refractivity contribution < 1.29 is 0 Å². The molecule has 3 N–H and O–H groups in total. The highest BCUT2D eigenvalue weighted by atomic mass is 32.1. The first-order valence-corrected chi connectivity index (χ1v) is 5.17. The van der Waals surface area contributed by atoms with Crippen molar-refractivity contribution in [3.05, 3.63) is 18.2 Å². The highest BCUT2D eigenvalue weighted by molar-refractivity contribution is 7.80. The van der Waals surface area contributed by atoms with Gasteiger partial charge in [-0.25, -0.2) is 4.98 Å². The molecule has 0 unspecified atom stereocenters. The Labute approximate surface area is 89.5 Å². The Balaban J connectivity index is 1.97. The van der Waals surface area contributed by atoms with Crippen LogP contribution in [0.3, 0.4) is 0 Å². The van der Waals surface area contributed by atoms with E-state index in [1.807, 2.05) is 13.2 Å². The molecule has 1 heterocycles. The van der Waals surface area contributed by atoms with E-state index in [-0.39, 0.29) is 0 Å². The van der Waals surface area contributed by atoms with Crippen LogP contribution >= 0.6 is 12.2 Å². The van der Waals surface area contributed by atoms with Gasteiger partial charge in [0.15, 0.2) is 5.11 Å². The average molecular weight is 212 g/mol. The van der Waals surface area contributed by atoms with Crippen molar-refractivity contribution >= 4 is 17.3 Å². The molecule has 0 aromatic carbocycles. The molecule has 0 saturated heterocycles. The first-order chi connectivity index (χ1) is 6.83. The van der Waals surface area contributed by atoms with Gasteiger partial charge in [-0.05, 0) is 25.1 Å². The normalized spacial score (nSPS) is 9.79. The summed E-state index contributed by atoms with van der Waals surface area (Å²) >= 11 is 4.94. The molecule has 0 saturated carbocycles. The SMILES string of the molecule is CNC(=S)NCCCCc1ncc[nH]1. The second-order valence-corrected chi connectivity index (χ2v) is 3.41. The molecule has 0 amide bonds. The summed E-state index contributed by atoms with van der Waals surface area (Å²) in [7, 11) is 1.82. The first-order valence-electron chi connectivity index (χ1n) is 4.77. The van der Waals surface area contributed by atoms with Gasteiger partial charge in [-0.15, -0.1) is 0 Å². The summed E-state index contributed by atoms with van der Waals surface area (Å²) in [5.74, 6) is 1.06. The molecule has 1 aromatic heterocycles. The molecule has 14 heavy (non-hydrogen) atoms. The lowest BCUT2D eigenvalue weighted by Crippen LogP contribution is -2.32. The van der Waals surface area contributed by atoms with E-state index in [0.29, 0.717) is 5.11 Å². The Kier molecular flexibility index (Phi) is 4.99. The smallest absolute Gasteiger partial charge is 0.166 e. The van der Waals surface area contributed by atoms with Crippen molar-refractivity contribution in [1.82, 2.24) is 20.6 Å². The van der Waals surface area contributed by atoms with Crippen LogP contribution in [0.25, 0.3) is 0 Å². The van der Waals surface area contributed by atoms with E-state index in [2.05, 4.69) is 20.6 Å². The Morgan fingerprint density at radius 3 is 3.07 bits per heavy atom. The molecule has 0 aliphatic heterocycles. The van der Waals surface area contributed by atoms with Crippen LogP contribution in [0.4, 0.5) is 0 Å². The van der Waals surface area contributed by atoms with Gasteiger partial charge in [-0.3, -0.25) is 0 Å². The zero-order chi connectivity index (χ0) is 10.2. The van der Waals surface area contributed by atoms with Crippen LogP contribution in [0, 0.1) is 0 Å². The number of aromatic amines is 1. The van der Waals surface area contributed by atoms with Gasteiger partial charge < -0.3 is 15.6 Å². The third-order valence-corrected chi connectivity index (χ3v) is 2.26. The summed E-state index contributed by atoms with van der Waals surface area (Å²) in [6, 6.07) is 0. The molecule has 0 spiro atoms. The third-order valence-electron chi connectivity index (χ3n) is 1.91. The maximum absolute atomic E-state index is 4.94. The number of unbranched alkanes of at least 4 members (excludes halogenated alkanes) is 1. The molecule has 78 valence electrons. The predicted octanol–water partition coefficient (Wildman–Crippen LogP) is 0.826. The van der Waals surface area contributed by atoms with Crippen molar-refractivity contribution in [3.8, 4) is 0 Å². The number of aromatic nitrogens is 2. The van der Waals surface area contributed by atoms with Gasteiger partial charge in [-0.2, -0.15) is 0 Å². The largest absolute Gasteiger partial charge is 0.366 e. The Bertz CT molecular complexity index is 258. The molecular weight excluding hydrogens is 196 g/mol. The lowest BCUT2D eigenvalue weighted by molar-refractivity contribution is 0.690. The number of hydrogen-bond donors (Lipinski definition) is 3. The molecule has 0 bridgehead atoms. The van der Waals surface area contributed by atoms with E-state index in [0.717, 1.165) is 31.6 Å². The molecule has 0 atom stereocenters. The average Bonchev–Trinajstić information content (AvgIpc) is 2.69. The fourth-order valence-corrected chi connectivity index (χ4v) is 1.24. The van der Waals surface area contributed by atoms with E-state index in [1.165, 1.54) is 0 Å². The first kappa shape index (κ1) is 11.0. The topological polar surface area (TPSA) is 52.7 Å². The fraction of sp³-hybridized carbons (Fsp3) is 0.556. The Hall–Kier alpha value is -1.10. The standard InChI is InChI=1S/C9H16N4S/c1-10-9(14)13-5-3-2-4-8-11-6-7-12-8/h6-7H,2-5H2,1H3,(H,11,12)(H2,10,13,14). The molecular formula is C9H16N4S. The monoisotopic (exact) mass is 212 g/mol. The molecule has 0 fully saturated rings. The molecule has 0 aliphatic carbocycles. The summed E-state index contributed by atoms with van der Waals surface area (Å²) in [6.07, 6.45) is 6.85. The molecule has 0 radical (unpaired) electrons. The van der Waals surface area contributed by atoms with Gasteiger partial charge in [0.2, 0.25) is 0 Å². The molecule has 1 rings (SSSR count). The minimum Gasteiger partial charge on any atom is -0.366 e. The Morgan fingerprint density at radius 2 is 2.43 bits per heavy atom. The van der Waals surface area contributed by atoms with Gasteiger partial charge in [0.1, 0.15) is 5.82 Å². The number of H-pyrrole nitrogens is 1. The zero-order valence-electron chi connectivity index (χ0n) is 8.34. The lowest BCUT2D eigenvalue weighted by Gasteiger charge is -2.05. The molecule has 0 aliphatic rings. The van der Waals surface area contributed by atoms with E-state index in [1.54, 1.807) is 6.20 Å². The second-order valence-electron chi connectivity index (χ2n) is 3.00. The van der Waals surface area contributed by atoms with Crippen LogP contribution < -0.4 is 10.6 Å². The number of aryl methyl sites for hydroxylation is 1. The number of thiocarbonyl (C=S) groups is 1. The van der Waals surface area contributed by atoms with Gasteiger partial charge in [0, 0.05) is 32.4 Å². The maximum atomic E-state index is 4.94. The molecule has 4 nitrogen and oxygen atoms in total. The van der Waals surface area contributed by atoms with Gasteiger partial charge in [0.05, 0.1) is 0 Å². The summed E-state index contributed by atoms with van der Waals surface area (Å²) in [5, 5.41) is 6.68. The maximum Gasteiger partial charge on any atom is 0.166 e. The van der Waals surface area contributed by atoms with E-state index >= 15 is 0 Å². The number of hydrogen-bond acceptors (Lipinski definition) is 2. The van der Waals surface area contributed by atoms with Gasteiger partial charge >= 0.3 is 0 Å². The van der Waals surface area contributed by atoms with Crippen LogP contribution in [0.1, 0.15) is 18.7 Å². The van der Waals surface area contributed by atoms with E-state index < -0.39 is 0 Å². The zero-order valence-corrected chi connectivity index (χ0v) is 9.16. The van der Waals surface area contributed by atoms with Crippen molar-refractivity contribution in [2.45, 2.75) is 19.3 Å². The highest BCUT2D eigenvalue weighted by Gasteiger charge is 1.95. The summed E-state index contributed by atoms with van der Waals surface area (Å²) in [6.45, 7) is 0.917. The van der Waals surface area contributed by atoms with Crippen molar-refractivity contribution in [1.29, 1.82) is 0 Å². The van der Waals surface area contributed by atoms with Crippen LogP contribution in [0.15, 0.2) is 12.4 Å². The number of rotatable bonds is 5. The number of imidazole rings is 1. The predicted molar refractivity (Wildman–Crippen MR) is 61.2 cm³/mol. The summed E-state index contributed by atoms with van der Waals surface area (Å²) < 4.78 is 0. The van der Waals surface area contributed by atoms with Crippen LogP contribution in [-0.2, 0) is 6.42 Å². The minimum absolute atomic E-state index is 0.711. The van der Waals surface area contributed by atoms with Gasteiger partial charge in [-0.1, -0.05) is 0 Å². The van der Waals surface area contributed by atoms with Crippen molar-refractivity contribution in [2.24, 2.45) is 0 Å². The quantitative estimate of drug-likeness (QED) is 0.500. The highest BCUT2D eigenvalue weighted by Crippen LogP contribution is 1.97. The molecule has 1 aromatic rings. The number of nitrogens with zero attached hydrogens (tertiary/aromatic N) is 1. The Morgan fingerprint density at radius 1 is 1.57 bits per heavy atom. The third kappa shape index (κ3) is 4.23. The second kappa shape index (κ2) is 6.37. The van der Waals surface area contributed by atoms with Gasteiger partial charge in [0.25, 0.3) is 0 Å². The van der Waals surface area contributed by atoms with E-state index in [9.17, 15) is 0 Å².